The maximum absolute atomic E-state index is 12.8. The summed E-state index contributed by atoms with van der Waals surface area (Å²) in [5.74, 6) is -0.697. The third-order valence-corrected chi connectivity index (χ3v) is 4.71. The summed E-state index contributed by atoms with van der Waals surface area (Å²) in [6.45, 7) is 4.78. The quantitative estimate of drug-likeness (QED) is 0.599. The Bertz CT molecular complexity index is 1110. The van der Waals surface area contributed by atoms with Crippen molar-refractivity contribution in [3.05, 3.63) is 48.4 Å². The van der Waals surface area contributed by atoms with Gasteiger partial charge in [-0.25, -0.2) is 9.97 Å². The Morgan fingerprint density at radius 2 is 1.81 bits per heavy atom. The maximum Gasteiger partial charge on any atom is 0.573 e. The number of alkyl halides is 3. The van der Waals surface area contributed by atoms with Crippen LogP contribution in [0, 0.1) is 0 Å². The number of aryl methyl sites for hydroxylation is 1. The number of benzene rings is 1. The van der Waals surface area contributed by atoms with E-state index in [1.54, 1.807) is 38.7 Å². The van der Waals surface area contributed by atoms with E-state index in [0.29, 0.717) is 16.8 Å². The molecule has 0 bridgehead atoms. The second-order valence-corrected chi connectivity index (χ2v) is 7.79. The highest BCUT2D eigenvalue weighted by Gasteiger charge is 2.31. The van der Waals surface area contributed by atoms with Crippen LogP contribution in [-0.4, -0.2) is 48.8 Å². The number of nitrogens with one attached hydrogen (secondary N) is 1. The van der Waals surface area contributed by atoms with Crippen LogP contribution in [-0.2, 0) is 7.05 Å². The van der Waals surface area contributed by atoms with Crippen LogP contribution in [0.3, 0.4) is 0 Å². The molecule has 0 spiro atoms. The molecule has 3 aromatic rings. The number of amides is 1. The van der Waals surface area contributed by atoms with E-state index >= 15 is 0 Å². The number of ether oxygens (including phenoxy) is 1. The van der Waals surface area contributed by atoms with Gasteiger partial charge in [-0.1, -0.05) is 0 Å². The lowest BCUT2D eigenvalue weighted by Crippen LogP contribution is -2.47. The first kappa shape index (κ1) is 23.2. The molecule has 0 aliphatic carbocycles. The van der Waals surface area contributed by atoms with Gasteiger partial charge in [-0.3, -0.25) is 9.48 Å². The third kappa shape index (κ3) is 5.82. The van der Waals surface area contributed by atoms with E-state index in [-0.39, 0.29) is 17.3 Å². The number of carbonyl (C=O) groups is 1. The van der Waals surface area contributed by atoms with Crippen LogP contribution >= 0.6 is 0 Å². The Kier molecular flexibility index (Phi) is 6.22. The van der Waals surface area contributed by atoms with Crippen molar-refractivity contribution >= 4 is 5.91 Å². The van der Waals surface area contributed by atoms with Gasteiger partial charge in [0, 0.05) is 18.8 Å². The molecular formula is C21H22F3N5O3. The Morgan fingerprint density at radius 3 is 2.34 bits per heavy atom. The first-order chi connectivity index (χ1) is 14.8. The van der Waals surface area contributed by atoms with Crippen molar-refractivity contribution in [2.45, 2.75) is 38.8 Å². The van der Waals surface area contributed by atoms with E-state index in [0.717, 1.165) is 12.1 Å². The van der Waals surface area contributed by atoms with E-state index in [4.69, 9.17) is 0 Å². The highest BCUT2D eigenvalue weighted by molar-refractivity contribution is 5.94. The van der Waals surface area contributed by atoms with Gasteiger partial charge in [-0.2, -0.15) is 5.10 Å². The molecule has 0 unspecified atom stereocenters. The molecule has 0 aliphatic rings. The largest absolute Gasteiger partial charge is 0.573 e. The van der Waals surface area contributed by atoms with Gasteiger partial charge in [0.05, 0.1) is 29.1 Å². The van der Waals surface area contributed by atoms with Crippen molar-refractivity contribution in [1.29, 1.82) is 0 Å². The molecule has 11 heteroatoms. The van der Waals surface area contributed by atoms with Gasteiger partial charge in [0.2, 0.25) is 0 Å². The molecule has 170 valence electrons. The molecule has 2 aromatic heterocycles. The van der Waals surface area contributed by atoms with E-state index < -0.39 is 23.9 Å². The average molecular weight is 449 g/mol. The lowest BCUT2D eigenvalue weighted by Gasteiger charge is -2.26. The Balaban J connectivity index is 2.00. The third-order valence-electron chi connectivity index (χ3n) is 4.71. The van der Waals surface area contributed by atoms with Gasteiger partial charge in [0.25, 0.3) is 5.91 Å². The molecule has 0 saturated heterocycles. The van der Waals surface area contributed by atoms with E-state index in [2.05, 4.69) is 25.1 Å². The molecule has 2 N–H and O–H groups in total. The zero-order valence-electron chi connectivity index (χ0n) is 17.8. The van der Waals surface area contributed by atoms with Crippen molar-refractivity contribution < 1.29 is 27.8 Å². The molecule has 1 atom stereocenters. The fourth-order valence-electron chi connectivity index (χ4n) is 2.65. The first-order valence-corrected chi connectivity index (χ1v) is 9.59. The van der Waals surface area contributed by atoms with Crippen LogP contribution in [0.4, 0.5) is 13.2 Å². The first-order valence-electron chi connectivity index (χ1n) is 9.59. The molecule has 0 saturated carbocycles. The standard InChI is InChI=1S/C21H22F3N5O3/c1-12(20(2,3)31)26-19(30)17-9-16(27-18(28-17)14-10-25-29(4)11-14)13-5-7-15(8-6-13)32-21(22,23)24/h5-12,31H,1-4H3,(H,26,30)/t12-/m0/s1. The molecule has 32 heavy (non-hydrogen) atoms. The van der Waals surface area contributed by atoms with Crippen molar-refractivity contribution in [3.63, 3.8) is 0 Å². The number of halogens is 3. The highest BCUT2D eigenvalue weighted by atomic mass is 19.4. The lowest BCUT2D eigenvalue weighted by molar-refractivity contribution is -0.274. The summed E-state index contributed by atoms with van der Waals surface area (Å²) in [5.41, 5.74) is 0.193. The van der Waals surface area contributed by atoms with E-state index in [1.165, 1.54) is 24.4 Å². The number of hydrogen-bond donors (Lipinski definition) is 2. The van der Waals surface area contributed by atoms with Crippen molar-refractivity contribution in [2.24, 2.45) is 7.05 Å². The predicted molar refractivity (Wildman–Crippen MR) is 110 cm³/mol. The minimum Gasteiger partial charge on any atom is -0.406 e. The van der Waals surface area contributed by atoms with Crippen LogP contribution in [0.15, 0.2) is 42.7 Å². The highest BCUT2D eigenvalue weighted by Crippen LogP contribution is 2.27. The molecule has 0 fully saturated rings. The van der Waals surface area contributed by atoms with Crippen molar-refractivity contribution in [2.75, 3.05) is 0 Å². The van der Waals surface area contributed by atoms with E-state index in [9.17, 15) is 23.1 Å². The topological polar surface area (TPSA) is 102 Å². The summed E-state index contributed by atoms with van der Waals surface area (Å²) in [7, 11) is 1.71. The Morgan fingerprint density at radius 1 is 1.16 bits per heavy atom. The number of hydrogen-bond acceptors (Lipinski definition) is 6. The fraction of sp³-hybridized carbons (Fsp3) is 0.333. The molecule has 1 aromatic carbocycles. The summed E-state index contributed by atoms with van der Waals surface area (Å²) < 4.78 is 42.7. The predicted octanol–water partition coefficient (Wildman–Crippen LogP) is 3.33. The van der Waals surface area contributed by atoms with Gasteiger partial charge in [-0.15, -0.1) is 13.2 Å². The van der Waals surface area contributed by atoms with Crippen LogP contribution in [0.2, 0.25) is 0 Å². The zero-order chi connectivity index (χ0) is 23.7. The smallest absolute Gasteiger partial charge is 0.406 e. The Hall–Kier alpha value is -3.47. The Labute approximate surface area is 182 Å². The minimum absolute atomic E-state index is 0.0283. The molecule has 0 aliphatic heterocycles. The fourth-order valence-corrected chi connectivity index (χ4v) is 2.65. The van der Waals surface area contributed by atoms with Gasteiger partial charge in [-0.05, 0) is 51.1 Å². The summed E-state index contributed by atoms with van der Waals surface area (Å²) in [6.07, 6.45) is -1.60. The normalized spacial score (nSPS) is 13.0. The van der Waals surface area contributed by atoms with Gasteiger partial charge in [0.1, 0.15) is 11.4 Å². The number of carbonyl (C=O) groups excluding carboxylic acids is 1. The van der Waals surface area contributed by atoms with E-state index in [1.807, 2.05) is 0 Å². The van der Waals surface area contributed by atoms with Gasteiger partial charge in [0.15, 0.2) is 5.82 Å². The average Bonchev–Trinajstić information content (AvgIpc) is 3.12. The molecule has 1 amide bonds. The van der Waals surface area contributed by atoms with Crippen LogP contribution in [0.25, 0.3) is 22.6 Å². The number of rotatable bonds is 6. The number of aromatic nitrogens is 4. The van der Waals surface area contributed by atoms with Crippen molar-refractivity contribution in [1.82, 2.24) is 25.1 Å². The van der Waals surface area contributed by atoms with Crippen LogP contribution < -0.4 is 10.1 Å². The van der Waals surface area contributed by atoms with Gasteiger partial charge < -0.3 is 15.2 Å². The molecule has 2 heterocycles. The molecule has 8 nitrogen and oxygen atoms in total. The second kappa shape index (κ2) is 8.58. The van der Waals surface area contributed by atoms with Crippen LogP contribution in [0.1, 0.15) is 31.3 Å². The SMILES string of the molecule is C[C@H](NC(=O)c1cc(-c2ccc(OC(F)(F)F)cc2)nc(-c2cnn(C)c2)n1)C(C)(C)O. The van der Waals surface area contributed by atoms with Crippen LogP contribution in [0.5, 0.6) is 5.75 Å². The number of nitrogens with zero attached hydrogens (tertiary/aromatic N) is 4. The summed E-state index contributed by atoms with van der Waals surface area (Å²) in [4.78, 5) is 21.6. The maximum atomic E-state index is 12.8. The van der Waals surface area contributed by atoms with Crippen molar-refractivity contribution in [3.8, 4) is 28.4 Å². The monoisotopic (exact) mass is 449 g/mol. The lowest BCUT2D eigenvalue weighted by atomic mass is 10.0. The second-order valence-electron chi connectivity index (χ2n) is 7.79. The molecular weight excluding hydrogens is 427 g/mol. The summed E-state index contributed by atoms with van der Waals surface area (Å²) >= 11 is 0. The zero-order valence-corrected chi connectivity index (χ0v) is 17.8. The minimum atomic E-state index is -4.80. The number of aliphatic hydroxyl groups is 1. The summed E-state index contributed by atoms with van der Waals surface area (Å²) in [6, 6.07) is 5.96. The summed E-state index contributed by atoms with van der Waals surface area (Å²) in [5, 5.41) is 16.9. The molecule has 0 radical (unpaired) electrons. The molecule has 3 rings (SSSR count). The van der Waals surface area contributed by atoms with Gasteiger partial charge >= 0.3 is 6.36 Å².